The highest BCUT2D eigenvalue weighted by Gasteiger charge is 2.21. The van der Waals surface area contributed by atoms with E-state index >= 15 is 0 Å². The minimum absolute atomic E-state index is 0.247. The van der Waals surface area contributed by atoms with Gasteiger partial charge in [0.25, 0.3) is 5.91 Å². The number of rotatable bonds is 6. The van der Waals surface area contributed by atoms with Crippen molar-refractivity contribution in [1.29, 1.82) is 0 Å². The Morgan fingerprint density at radius 2 is 1.80 bits per heavy atom. The van der Waals surface area contributed by atoms with Crippen LogP contribution in [0.5, 0.6) is 0 Å². The highest BCUT2D eigenvalue weighted by molar-refractivity contribution is 14.1. The second-order valence-corrected chi connectivity index (χ2v) is 6.46. The number of nitrogens with one attached hydrogen (secondary N) is 1. The second-order valence-electron chi connectivity index (χ2n) is 5.30. The molecule has 3 N–H and O–H groups in total. The maximum atomic E-state index is 12.4. The Balaban J connectivity index is 2.17. The molecule has 0 saturated heterocycles. The van der Waals surface area contributed by atoms with Crippen molar-refractivity contribution in [3.8, 4) is 0 Å². The summed E-state index contributed by atoms with van der Waals surface area (Å²) in [6.07, 6.45) is 0.289. The highest BCUT2D eigenvalue weighted by Crippen LogP contribution is 2.14. The Labute approximate surface area is 158 Å². The molecule has 2 aromatic rings. The van der Waals surface area contributed by atoms with E-state index in [0.717, 1.165) is 9.13 Å². The van der Waals surface area contributed by atoms with Crippen molar-refractivity contribution in [2.75, 3.05) is 7.11 Å². The molecule has 0 radical (unpaired) electrons. The Morgan fingerprint density at radius 3 is 2.44 bits per heavy atom. The van der Waals surface area contributed by atoms with E-state index in [4.69, 9.17) is 5.73 Å². The first kappa shape index (κ1) is 18.9. The third kappa shape index (κ3) is 5.02. The zero-order valence-electron chi connectivity index (χ0n) is 13.5. The average molecular weight is 452 g/mol. The molecule has 7 heteroatoms. The number of benzene rings is 2. The monoisotopic (exact) mass is 452 g/mol. The number of halogens is 1. The van der Waals surface area contributed by atoms with Crippen LogP contribution in [-0.4, -0.2) is 30.9 Å². The van der Waals surface area contributed by atoms with Crippen LogP contribution in [0.4, 0.5) is 0 Å². The molecule has 2 rings (SSSR count). The Morgan fingerprint density at radius 1 is 1.12 bits per heavy atom. The topological polar surface area (TPSA) is 98.5 Å². The fourth-order valence-corrected chi connectivity index (χ4v) is 2.86. The largest absolute Gasteiger partial charge is 0.465 e. The summed E-state index contributed by atoms with van der Waals surface area (Å²) < 4.78 is 5.62. The molecule has 0 bridgehead atoms. The summed E-state index contributed by atoms with van der Waals surface area (Å²) >= 11 is 2.16. The molecule has 0 aliphatic heterocycles. The van der Waals surface area contributed by atoms with Crippen molar-refractivity contribution < 1.29 is 19.1 Å². The lowest BCUT2D eigenvalue weighted by atomic mass is 10.0. The van der Waals surface area contributed by atoms with Gasteiger partial charge in [0.1, 0.15) is 6.04 Å². The molecule has 0 saturated carbocycles. The molecular weight excluding hydrogens is 435 g/mol. The van der Waals surface area contributed by atoms with Crippen LogP contribution in [0.2, 0.25) is 0 Å². The summed E-state index contributed by atoms with van der Waals surface area (Å²) in [4.78, 5) is 35.7. The summed E-state index contributed by atoms with van der Waals surface area (Å²) in [5.74, 6) is -1.66. The van der Waals surface area contributed by atoms with Crippen molar-refractivity contribution in [3.63, 3.8) is 0 Å². The molecule has 0 unspecified atom stereocenters. The van der Waals surface area contributed by atoms with Gasteiger partial charge in [-0.25, -0.2) is 4.79 Å². The Hall–Kier alpha value is -2.42. The van der Waals surface area contributed by atoms with Gasteiger partial charge in [0, 0.05) is 15.6 Å². The van der Waals surface area contributed by atoms with Gasteiger partial charge in [-0.15, -0.1) is 0 Å². The standard InChI is InChI=1S/C18H17IN2O4/c1-25-18(24)13-7-4-6-12(9-13)17(23)21-15(16(20)22)10-11-5-2-3-8-14(11)19/h2-9,15H,10H2,1H3,(H2,20,22)(H,21,23)/t15-/m1/s1. The first-order chi connectivity index (χ1) is 11.9. The van der Waals surface area contributed by atoms with Crippen molar-refractivity contribution in [1.82, 2.24) is 5.32 Å². The molecule has 0 aliphatic carbocycles. The summed E-state index contributed by atoms with van der Waals surface area (Å²) in [5.41, 5.74) is 6.84. The molecule has 6 nitrogen and oxygen atoms in total. The fourth-order valence-electron chi connectivity index (χ4n) is 2.25. The van der Waals surface area contributed by atoms with E-state index in [0.29, 0.717) is 0 Å². The van der Waals surface area contributed by atoms with Gasteiger partial charge in [0.05, 0.1) is 12.7 Å². The summed E-state index contributed by atoms with van der Waals surface area (Å²) in [6.45, 7) is 0. The Bertz CT molecular complexity index is 807. The van der Waals surface area contributed by atoms with Gasteiger partial charge in [-0.05, 0) is 52.4 Å². The van der Waals surface area contributed by atoms with Gasteiger partial charge in [0.2, 0.25) is 5.91 Å². The smallest absolute Gasteiger partial charge is 0.337 e. The van der Waals surface area contributed by atoms with Gasteiger partial charge < -0.3 is 15.8 Å². The lowest BCUT2D eigenvalue weighted by Gasteiger charge is -2.16. The molecule has 130 valence electrons. The van der Waals surface area contributed by atoms with E-state index in [9.17, 15) is 14.4 Å². The number of esters is 1. The van der Waals surface area contributed by atoms with Gasteiger partial charge in [-0.3, -0.25) is 9.59 Å². The van der Waals surface area contributed by atoms with Gasteiger partial charge in [0.15, 0.2) is 0 Å². The van der Waals surface area contributed by atoms with E-state index in [2.05, 4.69) is 32.6 Å². The number of primary amides is 1. The molecule has 0 fully saturated rings. The molecule has 0 spiro atoms. The normalized spacial score (nSPS) is 11.4. The zero-order valence-corrected chi connectivity index (χ0v) is 15.6. The van der Waals surface area contributed by atoms with E-state index in [-0.39, 0.29) is 17.5 Å². The van der Waals surface area contributed by atoms with E-state index in [1.165, 1.54) is 13.2 Å². The van der Waals surface area contributed by atoms with Crippen molar-refractivity contribution in [2.45, 2.75) is 12.5 Å². The van der Waals surface area contributed by atoms with Gasteiger partial charge >= 0.3 is 5.97 Å². The first-order valence-electron chi connectivity index (χ1n) is 7.44. The summed E-state index contributed by atoms with van der Waals surface area (Å²) in [7, 11) is 1.26. The van der Waals surface area contributed by atoms with Crippen LogP contribution in [-0.2, 0) is 16.0 Å². The minimum Gasteiger partial charge on any atom is -0.465 e. The molecule has 0 aromatic heterocycles. The number of hydrogen-bond donors (Lipinski definition) is 2. The minimum atomic E-state index is -0.856. The Kier molecular flexibility index (Phi) is 6.51. The number of amides is 2. The predicted molar refractivity (Wildman–Crippen MR) is 101 cm³/mol. The van der Waals surface area contributed by atoms with Crippen LogP contribution in [0, 0.1) is 3.57 Å². The molecular formula is C18H17IN2O4. The fraction of sp³-hybridized carbons (Fsp3) is 0.167. The molecule has 1 atom stereocenters. The summed E-state index contributed by atoms with van der Waals surface area (Å²) in [6, 6.07) is 12.7. The van der Waals surface area contributed by atoms with Crippen molar-refractivity contribution in [3.05, 3.63) is 68.8 Å². The number of carbonyl (C=O) groups is 3. The van der Waals surface area contributed by atoms with E-state index < -0.39 is 23.8 Å². The predicted octanol–water partition coefficient (Wildman–Crippen LogP) is 1.90. The maximum absolute atomic E-state index is 12.4. The summed E-state index contributed by atoms with van der Waals surface area (Å²) in [5, 5.41) is 2.62. The van der Waals surface area contributed by atoms with Crippen molar-refractivity contribution in [2.24, 2.45) is 5.73 Å². The number of carbonyl (C=O) groups excluding carboxylic acids is 3. The van der Waals surface area contributed by atoms with Gasteiger partial charge in [-0.1, -0.05) is 24.3 Å². The highest BCUT2D eigenvalue weighted by atomic mass is 127. The van der Waals surface area contributed by atoms with Crippen LogP contribution in [0.15, 0.2) is 48.5 Å². The number of nitrogens with two attached hydrogens (primary N) is 1. The number of methoxy groups -OCH3 is 1. The maximum Gasteiger partial charge on any atom is 0.337 e. The third-order valence-electron chi connectivity index (χ3n) is 3.58. The molecule has 2 amide bonds. The molecule has 0 heterocycles. The molecule has 0 aliphatic rings. The van der Waals surface area contributed by atoms with E-state index in [1.54, 1.807) is 18.2 Å². The van der Waals surface area contributed by atoms with Crippen LogP contribution in [0.3, 0.4) is 0 Å². The van der Waals surface area contributed by atoms with Crippen LogP contribution in [0.1, 0.15) is 26.3 Å². The second kappa shape index (κ2) is 8.61. The third-order valence-corrected chi connectivity index (χ3v) is 4.63. The average Bonchev–Trinajstić information content (AvgIpc) is 2.62. The van der Waals surface area contributed by atoms with Crippen LogP contribution < -0.4 is 11.1 Å². The lowest BCUT2D eigenvalue weighted by molar-refractivity contribution is -0.119. The molecule has 25 heavy (non-hydrogen) atoms. The first-order valence-corrected chi connectivity index (χ1v) is 8.52. The quantitative estimate of drug-likeness (QED) is 0.517. The zero-order chi connectivity index (χ0) is 18.4. The SMILES string of the molecule is COC(=O)c1cccc(C(=O)N[C@H](Cc2ccccc2I)C(N)=O)c1. The van der Waals surface area contributed by atoms with E-state index in [1.807, 2.05) is 24.3 Å². The lowest BCUT2D eigenvalue weighted by Crippen LogP contribution is -2.46. The number of hydrogen-bond acceptors (Lipinski definition) is 4. The van der Waals surface area contributed by atoms with Crippen LogP contribution in [0.25, 0.3) is 0 Å². The van der Waals surface area contributed by atoms with Crippen LogP contribution >= 0.6 is 22.6 Å². The van der Waals surface area contributed by atoms with Crippen molar-refractivity contribution >= 4 is 40.4 Å². The number of ether oxygens (including phenoxy) is 1. The molecule has 2 aromatic carbocycles. The van der Waals surface area contributed by atoms with Gasteiger partial charge in [-0.2, -0.15) is 0 Å².